The van der Waals surface area contributed by atoms with Crippen LogP contribution in [0.15, 0.2) is 133 Å². The Morgan fingerprint density at radius 1 is 0.595 bits per heavy atom. The zero-order chi connectivity index (χ0) is 25.0. The molecule has 0 amide bonds. The Morgan fingerprint density at radius 2 is 1.14 bits per heavy atom. The van der Waals surface area contributed by atoms with Gasteiger partial charge in [-0.05, 0) is 40.2 Å². The van der Waals surface area contributed by atoms with Crippen LogP contribution in [0.1, 0.15) is 0 Å². The van der Waals surface area contributed by atoms with Gasteiger partial charge in [0.15, 0.2) is 10.9 Å². The molecule has 1 heterocycles. The van der Waals surface area contributed by atoms with Crippen LogP contribution >= 0.6 is 0 Å². The summed E-state index contributed by atoms with van der Waals surface area (Å²) in [6.07, 6.45) is 0. The third-order valence-corrected chi connectivity index (χ3v) is 6.25. The van der Waals surface area contributed by atoms with E-state index >= 15 is 0 Å². The summed E-state index contributed by atoms with van der Waals surface area (Å²) in [4.78, 5) is 5.42. The molecule has 0 bridgehead atoms. The fourth-order valence-electron chi connectivity index (χ4n) is 4.55. The maximum absolute atomic E-state index is 7.53. The Bertz CT molecular complexity index is 1660. The number of nitrogens with zero attached hydrogens (tertiary/aromatic N) is 5. The number of benzene rings is 5. The Kier molecular flexibility index (Phi) is 5.82. The summed E-state index contributed by atoms with van der Waals surface area (Å²) >= 11 is 0. The predicted octanol–water partition coefficient (Wildman–Crippen LogP) is 7.10. The molecule has 0 radical (unpaired) electrons. The first kappa shape index (κ1) is 22.1. The fraction of sp³-hybridized carbons (Fsp3) is 0. The Hall–Kier alpha value is -5.34. The Morgan fingerprint density at radius 3 is 1.70 bits per heavy atom. The monoisotopic (exact) mass is 476 g/mol. The van der Waals surface area contributed by atoms with Crippen molar-refractivity contribution in [1.29, 1.82) is 0 Å². The second-order valence-electron chi connectivity index (χ2n) is 8.55. The molecule has 0 saturated carbocycles. The van der Waals surface area contributed by atoms with E-state index in [2.05, 4.69) is 62.3 Å². The summed E-state index contributed by atoms with van der Waals surface area (Å²) in [5, 5.41) is 9.27. The van der Waals surface area contributed by atoms with Crippen molar-refractivity contribution in [3.05, 3.63) is 145 Å². The summed E-state index contributed by atoms with van der Waals surface area (Å²) in [7, 11) is 0. The van der Waals surface area contributed by atoms with E-state index < -0.39 is 0 Å². The van der Waals surface area contributed by atoms with Gasteiger partial charge in [0.2, 0.25) is 0 Å². The SMILES string of the molecule is [C-]#[N+]c1cccc(-n2nnc(-c3ccccc3)[n+]2-c2c(-c3ccccc3)cccc2-c2ccccc2)c1. The van der Waals surface area contributed by atoms with Crippen molar-refractivity contribution in [2.45, 2.75) is 0 Å². The second-order valence-corrected chi connectivity index (χ2v) is 8.55. The van der Waals surface area contributed by atoms with Gasteiger partial charge in [-0.25, -0.2) is 4.85 Å². The van der Waals surface area contributed by atoms with Crippen LogP contribution in [-0.2, 0) is 0 Å². The van der Waals surface area contributed by atoms with Gasteiger partial charge in [0.25, 0.3) is 0 Å². The molecule has 6 aromatic rings. The summed E-state index contributed by atoms with van der Waals surface area (Å²) < 4.78 is 2.06. The lowest BCUT2D eigenvalue weighted by Gasteiger charge is -2.16. The maximum atomic E-state index is 7.53. The van der Waals surface area contributed by atoms with Gasteiger partial charge in [-0.1, -0.05) is 109 Å². The number of hydrogen-bond donors (Lipinski definition) is 0. The molecule has 37 heavy (non-hydrogen) atoms. The van der Waals surface area contributed by atoms with Crippen molar-refractivity contribution in [2.75, 3.05) is 0 Å². The number of para-hydroxylation sites is 1. The molecule has 0 aliphatic carbocycles. The van der Waals surface area contributed by atoms with Gasteiger partial charge in [-0.3, -0.25) is 0 Å². The van der Waals surface area contributed by atoms with Gasteiger partial charge < -0.3 is 0 Å². The Balaban J connectivity index is 1.74. The van der Waals surface area contributed by atoms with E-state index in [0.717, 1.165) is 39.2 Å². The molecule has 5 nitrogen and oxygen atoms in total. The first-order valence-corrected chi connectivity index (χ1v) is 12.0. The van der Waals surface area contributed by atoms with Crippen LogP contribution in [0, 0.1) is 6.57 Å². The van der Waals surface area contributed by atoms with Crippen LogP contribution < -0.4 is 4.68 Å². The van der Waals surface area contributed by atoms with Crippen LogP contribution in [0.4, 0.5) is 5.69 Å². The van der Waals surface area contributed by atoms with Crippen LogP contribution in [0.25, 0.3) is 49.9 Å². The zero-order valence-electron chi connectivity index (χ0n) is 19.9. The number of tetrazole rings is 1. The van der Waals surface area contributed by atoms with Crippen molar-refractivity contribution in [1.82, 2.24) is 15.1 Å². The van der Waals surface area contributed by atoms with Crippen LogP contribution in [0.5, 0.6) is 0 Å². The first-order valence-electron chi connectivity index (χ1n) is 12.0. The molecule has 0 aliphatic rings. The van der Waals surface area contributed by atoms with Crippen LogP contribution in [0.2, 0.25) is 0 Å². The summed E-state index contributed by atoms with van der Waals surface area (Å²) in [5.41, 5.74) is 7.47. The molecule has 1 aromatic heterocycles. The maximum Gasteiger partial charge on any atom is 0.337 e. The molecule has 0 fully saturated rings. The molecule has 6 rings (SSSR count). The van der Waals surface area contributed by atoms with E-state index in [4.69, 9.17) is 6.57 Å². The van der Waals surface area contributed by atoms with Crippen molar-refractivity contribution in [2.24, 2.45) is 0 Å². The second kappa shape index (κ2) is 9.73. The third kappa shape index (κ3) is 4.18. The highest BCUT2D eigenvalue weighted by Gasteiger charge is 2.29. The molecule has 0 unspecified atom stereocenters. The van der Waals surface area contributed by atoms with Gasteiger partial charge in [0.1, 0.15) is 16.5 Å². The molecule has 5 heteroatoms. The minimum Gasteiger partial charge on any atom is -0.238 e. The highest BCUT2D eigenvalue weighted by atomic mass is 15.6. The molecular formula is C32H22N5+. The van der Waals surface area contributed by atoms with E-state index in [1.165, 1.54) is 0 Å². The van der Waals surface area contributed by atoms with Crippen molar-refractivity contribution in [3.63, 3.8) is 0 Å². The largest absolute Gasteiger partial charge is 0.337 e. The molecule has 0 saturated heterocycles. The molecule has 0 atom stereocenters. The fourth-order valence-corrected chi connectivity index (χ4v) is 4.55. The standard InChI is InChI=1S/C32H22N5/c1-33-27-19-11-20-28(23-27)37-35-34-32(26-17-9-4-10-18-26)36(37)31-29(24-13-5-2-6-14-24)21-12-22-30(31)25-15-7-3-8-16-25/h2-23H/q+1. The zero-order valence-corrected chi connectivity index (χ0v) is 19.9. The normalized spacial score (nSPS) is 10.7. The van der Waals surface area contributed by atoms with Gasteiger partial charge in [0.05, 0.1) is 12.1 Å². The lowest BCUT2D eigenvalue weighted by molar-refractivity contribution is -0.668. The van der Waals surface area contributed by atoms with Crippen LogP contribution in [0.3, 0.4) is 0 Å². The molecular weight excluding hydrogens is 454 g/mol. The Labute approximate surface area is 215 Å². The lowest BCUT2D eigenvalue weighted by Crippen LogP contribution is -2.43. The van der Waals surface area contributed by atoms with E-state index in [-0.39, 0.29) is 0 Å². The highest BCUT2D eigenvalue weighted by molar-refractivity contribution is 5.83. The quantitative estimate of drug-likeness (QED) is 0.197. The number of hydrogen-bond acceptors (Lipinski definition) is 2. The molecule has 0 N–H and O–H groups in total. The minimum atomic E-state index is 0.542. The highest BCUT2D eigenvalue weighted by Crippen LogP contribution is 2.34. The number of rotatable bonds is 5. The van der Waals surface area contributed by atoms with Crippen molar-refractivity contribution in [3.8, 4) is 45.0 Å². The predicted molar refractivity (Wildman–Crippen MR) is 145 cm³/mol. The van der Waals surface area contributed by atoms with Gasteiger partial charge >= 0.3 is 5.82 Å². The van der Waals surface area contributed by atoms with Gasteiger partial charge in [-0.15, -0.1) is 4.68 Å². The molecule has 174 valence electrons. The van der Waals surface area contributed by atoms with Crippen molar-refractivity contribution >= 4 is 5.69 Å². The average molecular weight is 477 g/mol. The van der Waals surface area contributed by atoms with E-state index in [1.807, 2.05) is 84.9 Å². The smallest absolute Gasteiger partial charge is 0.238 e. The summed E-state index contributed by atoms with van der Waals surface area (Å²) in [6.45, 7) is 7.53. The number of aromatic nitrogens is 4. The third-order valence-electron chi connectivity index (χ3n) is 6.25. The minimum absolute atomic E-state index is 0.542. The van der Waals surface area contributed by atoms with Gasteiger partial charge in [-0.2, -0.15) is 0 Å². The van der Waals surface area contributed by atoms with E-state index in [9.17, 15) is 0 Å². The lowest BCUT2D eigenvalue weighted by atomic mass is 9.95. The van der Waals surface area contributed by atoms with E-state index in [0.29, 0.717) is 11.5 Å². The van der Waals surface area contributed by atoms with Gasteiger partial charge in [0, 0.05) is 11.1 Å². The topological polar surface area (TPSA) is 39.0 Å². The summed E-state index contributed by atoms with van der Waals surface area (Å²) in [6, 6.07) is 44.6. The van der Waals surface area contributed by atoms with Crippen molar-refractivity contribution < 1.29 is 4.68 Å². The first-order chi connectivity index (χ1) is 18.3. The summed E-state index contributed by atoms with van der Waals surface area (Å²) in [5.74, 6) is 0.703. The molecule has 5 aromatic carbocycles. The molecule has 0 spiro atoms. The van der Waals surface area contributed by atoms with Crippen LogP contribution in [-0.4, -0.2) is 15.1 Å². The average Bonchev–Trinajstić information content (AvgIpc) is 3.43. The molecule has 0 aliphatic heterocycles. The van der Waals surface area contributed by atoms with E-state index in [1.54, 1.807) is 10.9 Å².